The molecule has 3 rings (SSSR count). The maximum absolute atomic E-state index is 11.6. The molecule has 0 radical (unpaired) electrons. The number of nitro groups is 1. The average Bonchev–Trinajstić information content (AvgIpc) is 3.01. The van der Waals surface area contributed by atoms with E-state index in [1.54, 1.807) is 24.4 Å². The van der Waals surface area contributed by atoms with E-state index in [0.29, 0.717) is 5.75 Å². The number of nitrogens with one attached hydrogen (secondary N) is 2. The van der Waals surface area contributed by atoms with Crippen molar-refractivity contribution in [3.63, 3.8) is 0 Å². The number of nitrogens with two attached hydrogens (primary N) is 1. The van der Waals surface area contributed by atoms with Crippen molar-refractivity contribution in [1.29, 1.82) is 0 Å². The minimum atomic E-state index is -0.575. The second-order valence-corrected chi connectivity index (χ2v) is 4.74. The predicted octanol–water partition coefficient (Wildman–Crippen LogP) is 2.47. The second-order valence-electron chi connectivity index (χ2n) is 4.74. The van der Waals surface area contributed by atoms with E-state index < -0.39 is 10.8 Å². The highest BCUT2D eigenvalue weighted by Crippen LogP contribution is 2.33. The first-order valence-electron chi connectivity index (χ1n) is 6.63. The van der Waals surface area contributed by atoms with Gasteiger partial charge in [-0.05, 0) is 30.3 Å². The van der Waals surface area contributed by atoms with Gasteiger partial charge in [-0.1, -0.05) is 0 Å². The van der Waals surface area contributed by atoms with Crippen molar-refractivity contribution in [3.8, 4) is 11.5 Å². The van der Waals surface area contributed by atoms with Crippen molar-refractivity contribution >= 4 is 22.5 Å². The SMILES string of the molecule is NNC(=O)c1ccc([N+](=O)[O-])c(Oc2ccc3[nH]ccc3c2)c1. The summed E-state index contributed by atoms with van der Waals surface area (Å²) in [5.74, 6) is 4.90. The monoisotopic (exact) mass is 312 g/mol. The van der Waals surface area contributed by atoms with Crippen LogP contribution in [0, 0.1) is 10.1 Å². The highest BCUT2D eigenvalue weighted by molar-refractivity contribution is 5.94. The fraction of sp³-hybridized carbons (Fsp3) is 0. The molecular formula is C15H12N4O4. The molecule has 0 aliphatic heterocycles. The molecule has 23 heavy (non-hydrogen) atoms. The first-order chi connectivity index (χ1) is 11.1. The Morgan fingerprint density at radius 3 is 2.78 bits per heavy atom. The van der Waals surface area contributed by atoms with Crippen molar-refractivity contribution in [2.75, 3.05) is 0 Å². The molecule has 0 aliphatic carbocycles. The van der Waals surface area contributed by atoms with Crippen molar-refractivity contribution in [2.24, 2.45) is 5.84 Å². The van der Waals surface area contributed by atoms with Gasteiger partial charge in [0.1, 0.15) is 5.75 Å². The molecule has 116 valence electrons. The summed E-state index contributed by atoms with van der Waals surface area (Å²) in [4.78, 5) is 25.2. The number of aromatic nitrogens is 1. The lowest BCUT2D eigenvalue weighted by molar-refractivity contribution is -0.385. The molecule has 1 amide bonds. The zero-order valence-corrected chi connectivity index (χ0v) is 11.8. The largest absolute Gasteiger partial charge is 0.450 e. The number of hydrogen-bond acceptors (Lipinski definition) is 5. The number of hydrogen-bond donors (Lipinski definition) is 3. The summed E-state index contributed by atoms with van der Waals surface area (Å²) in [5, 5.41) is 12.0. The number of nitrogen functional groups attached to an aromatic ring is 1. The number of carbonyl (C=O) groups is 1. The molecule has 8 heteroatoms. The van der Waals surface area contributed by atoms with Crippen LogP contribution in [0.2, 0.25) is 0 Å². The van der Waals surface area contributed by atoms with Gasteiger partial charge in [0, 0.05) is 34.8 Å². The zero-order chi connectivity index (χ0) is 16.4. The Morgan fingerprint density at radius 1 is 1.22 bits per heavy atom. The van der Waals surface area contributed by atoms with E-state index >= 15 is 0 Å². The molecule has 0 saturated carbocycles. The molecule has 0 atom stereocenters. The third-order valence-corrected chi connectivity index (χ3v) is 3.30. The molecule has 8 nitrogen and oxygen atoms in total. The van der Waals surface area contributed by atoms with Crippen LogP contribution in [-0.2, 0) is 0 Å². The third-order valence-electron chi connectivity index (χ3n) is 3.30. The number of rotatable bonds is 4. The highest BCUT2D eigenvalue weighted by atomic mass is 16.6. The number of nitro benzene ring substituents is 1. The van der Waals surface area contributed by atoms with Crippen molar-refractivity contribution in [2.45, 2.75) is 0 Å². The summed E-state index contributed by atoms with van der Waals surface area (Å²) >= 11 is 0. The quantitative estimate of drug-likeness (QED) is 0.295. The first kappa shape index (κ1) is 14.5. The number of fused-ring (bicyclic) bond motifs is 1. The Hall–Kier alpha value is -3.39. The lowest BCUT2D eigenvalue weighted by Gasteiger charge is -2.08. The van der Waals surface area contributed by atoms with Crippen LogP contribution in [0.5, 0.6) is 11.5 Å². The van der Waals surface area contributed by atoms with Gasteiger partial charge in [0.15, 0.2) is 0 Å². The second kappa shape index (κ2) is 5.78. The number of nitrogens with zero attached hydrogens (tertiary/aromatic N) is 1. The molecular weight excluding hydrogens is 300 g/mol. The molecule has 0 unspecified atom stereocenters. The number of ether oxygens (including phenoxy) is 1. The molecule has 1 heterocycles. The highest BCUT2D eigenvalue weighted by Gasteiger charge is 2.18. The number of hydrazine groups is 1. The van der Waals surface area contributed by atoms with Crippen LogP contribution in [0.25, 0.3) is 10.9 Å². The number of carbonyl (C=O) groups excluding carboxylic acids is 1. The van der Waals surface area contributed by atoms with Gasteiger partial charge in [0.05, 0.1) is 4.92 Å². The smallest absolute Gasteiger partial charge is 0.311 e. The first-order valence-corrected chi connectivity index (χ1v) is 6.63. The summed E-state index contributed by atoms with van der Waals surface area (Å²) in [7, 11) is 0. The lowest BCUT2D eigenvalue weighted by atomic mass is 10.2. The molecule has 1 aromatic heterocycles. The minimum Gasteiger partial charge on any atom is -0.450 e. The number of benzene rings is 2. The van der Waals surface area contributed by atoms with Gasteiger partial charge in [0.25, 0.3) is 5.91 Å². The molecule has 3 aromatic rings. The van der Waals surface area contributed by atoms with Crippen LogP contribution >= 0.6 is 0 Å². The molecule has 0 saturated heterocycles. The Kier molecular flexibility index (Phi) is 3.65. The van der Waals surface area contributed by atoms with Gasteiger partial charge in [-0.3, -0.25) is 20.3 Å². The van der Waals surface area contributed by atoms with Crippen molar-refractivity contribution < 1.29 is 14.5 Å². The Balaban J connectivity index is 2.01. The predicted molar refractivity (Wildman–Crippen MR) is 83.1 cm³/mol. The summed E-state index contributed by atoms with van der Waals surface area (Å²) in [6.45, 7) is 0. The Bertz CT molecular complexity index is 903. The Labute approximate surface area is 130 Å². The van der Waals surface area contributed by atoms with E-state index in [1.165, 1.54) is 18.2 Å². The van der Waals surface area contributed by atoms with Gasteiger partial charge in [-0.25, -0.2) is 5.84 Å². The molecule has 2 aromatic carbocycles. The van der Waals surface area contributed by atoms with E-state index in [2.05, 4.69) is 4.98 Å². The van der Waals surface area contributed by atoms with Gasteiger partial charge in [-0.15, -0.1) is 0 Å². The summed E-state index contributed by atoms with van der Waals surface area (Å²) in [5.41, 5.74) is 2.81. The number of H-pyrrole nitrogens is 1. The minimum absolute atomic E-state index is 0.0361. The maximum atomic E-state index is 11.6. The topological polar surface area (TPSA) is 123 Å². The van der Waals surface area contributed by atoms with Gasteiger partial charge in [-0.2, -0.15) is 0 Å². The zero-order valence-electron chi connectivity index (χ0n) is 11.8. The molecule has 0 fully saturated rings. The Morgan fingerprint density at radius 2 is 2.04 bits per heavy atom. The maximum Gasteiger partial charge on any atom is 0.311 e. The van der Waals surface area contributed by atoms with E-state index in [0.717, 1.165) is 10.9 Å². The van der Waals surface area contributed by atoms with E-state index in [1.807, 2.05) is 11.5 Å². The fourth-order valence-electron chi connectivity index (χ4n) is 2.19. The standard InChI is InChI=1S/C15H12N4O4/c16-18-15(20)10-1-4-13(19(21)22)14(8-10)23-11-2-3-12-9(7-11)5-6-17-12/h1-8,17H,16H2,(H,18,20). The van der Waals surface area contributed by atoms with E-state index in [4.69, 9.17) is 10.6 Å². The van der Waals surface area contributed by atoms with E-state index in [-0.39, 0.29) is 17.0 Å². The van der Waals surface area contributed by atoms with E-state index in [9.17, 15) is 14.9 Å². The molecule has 0 bridgehead atoms. The summed E-state index contributed by atoms with van der Waals surface area (Å²) in [6.07, 6.45) is 1.78. The van der Waals surface area contributed by atoms with Crippen LogP contribution in [-0.4, -0.2) is 15.8 Å². The van der Waals surface area contributed by atoms with Gasteiger partial charge < -0.3 is 9.72 Å². The van der Waals surface area contributed by atoms with Crippen LogP contribution in [0.1, 0.15) is 10.4 Å². The van der Waals surface area contributed by atoms with Crippen LogP contribution in [0.3, 0.4) is 0 Å². The van der Waals surface area contributed by atoms with Crippen LogP contribution in [0.4, 0.5) is 5.69 Å². The number of aromatic amines is 1. The van der Waals surface area contributed by atoms with Gasteiger partial charge >= 0.3 is 5.69 Å². The summed E-state index contributed by atoms with van der Waals surface area (Å²) < 4.78 is 5.61. The van der Waals surface area contributed by atoms with Gasteiger partial charge in [0.2, 0.25) is 5.75 Å². The van der Waals surface area contributed by atoms with Crippen molar-refractivity contribution in [1.82, 2.24) is 10.4 Å². The molecule has 0 spiro atoms. The molecule has 0 aliphatic rings. The average molecular weight is 312 g/mol. The number of amides is 1. The lowest BCUT2D eigenvalue weighted by Crippen LogP contribution is -2.29. The summed E-state index contributed by atoms with van der Waals surface area (Å²) in [6, 6.07) is 10.9. The van der Waals surface area contributed by atoms with Crippen LogP contribution in [0.15, 0.2) is 48.7 Å². The fourth-order valence-corrected chi connectivity index (χ4v) is 2.19. The third kappa shape index (κ3) is 2.83. The van der Waals surface area contributed by atoms with Crippen LogP contribution < -0.4 is 16.0 Å². The molecule has 4 N–H and O–H groups in total. The van der Waals surface area contributed by atoms with Crippen molar-refractivity contribution in [3.05, 3.63) is 64.3 Å². The normalized spacial score (nSPS) is 10.5.